The number of thioether (sulfide) groups is 1. The van der Waals surface area contributed by atoms with Gasteiger partial charge >= 0.3 is 0 Å². The quantitative estimate of drug-likeness (QED) is 0.251. The second-order valence-electron chi connectivity index (χ2n) is 8.23. The van der Waals surface area contributed by atoms with Crippen molar-refractivity contribution in [2.75, 3.05) is 11.9 Å². The van der Waals surface area contributed by atoms with Crippen LogP contribution in [0.2, 0.25) is 0 Å². The molecule has 0 aliphatic heterocycles. The van der Waals surface area contributed by atoms with Crippen LogP contribution in [0, 0.1) is 0 Å². The molecule has 2 heterocycles. The van der Waals surface area contributed by atoms with E-state index in [4.69, 9.17) is 9.72 Å². The van der Waals surface area contributed by atoms with Crippen molar-refractivity contribution in [1.29, 1.82) is 0 Å². The molecule has 190 valence electrons. The van der Waals surface area contributed by atoms with E-state index < -0.39 is 0 Å². The molecule has 1 N–H and O–H groups in total. The molecule has 38 heavy (non-hydrogen) atoms. The number of benzene rings is 3. The summed E-state index contributed by atoms with van der Waals surface area (Å²) in [7, 11) is 0. The minimum absolute atomic E-state index is 0.0485. The molecule has 9 nitrogen and oxygen atoms in total. The molecule has 2 aromatic heterocycles. The summed E-state index contributed by atoms with van der Waals surface area (Å²) in [5, 5.41) is 20.5. The van der Waals surface area contributed by atoms with Crippen molar-refractivity contribution in [2.45, 2.75) is 24.4 Å². The third kappa shape index (κ3) is 6.40. The third-order valence-electron chi connectivity index (χ3n) is 5.45. The number of hydrogen-bond donors (Lipinski definition) is 1. The number of anilines is 1. The van der Waals surface area contributed by atoms with E-state index in [2.05, 4.69) is 25.8 Å². The van der Waals surface area contributed by atoms with E-state index >= 15 is 0 Å². The second-order valence-corrected chi connectivity index (χ2v) is 9.17. The predicted octanol–water partition coefficient (Wildman–Crippen LogP) is 5.13. The summed E-state index contributed by atoms with van der Waals surface area (Å²) in [6.45, 7) is 2.56. The summed E-state index contributed by atoms with van der Waals surface area (Å²) in [6, 6.07) is 27.1. The van der Waals surface area contributed by atoms with Gasteiger partial charge in [0.05, 0.1) is 12.3 Å². The highest BCUT2D eigenvalue weighted by Crippen LogP contribution is 2.30. The number of nitrogens with zero attached hydrogens (tertiary/aromatic N) is 6. The summed E-state index contributed by atoms with van der Waals surface area (Å²) >= 11 is 1.41. The average Bonchev–Trinajstić information content (AvgIpc) is 3.41. The Morgan fingerprint density at radius 3 is 2.24 bits per heavy atom. The van der Waals surface area contributed by atoms with Gasteiger partial charge in [-0.25, -0.2) is 9.67 Å². The van der Waals surface area contributed by atoms with Gasteiger partial charge in [-0.2, -0.15) is 0 Å². The smallest absolute Gasteiger partial charge is 0.246 e. The first kappa shape index (κ1) is 25.1. The van der Waals surface area contributed by atoms with Gasteiger partial charge in [0.2, 0.25) is 11.1 Å². The third-order valence-corrected chi connectivity index (χ3v) is 6.32. The van der Waals surface area contributed by atoms with Crippen molar-refractivity contribution < 1.29 is 9.53 Å². The molecule has 0 saturated heterocycles. The Hall–Kier alpha value is -4.57. The Morgan fingerprint density at radius 2 is 1.55 bits per heavy atom. The van der Waals surface area contributed by atoms with E-state index in [1.165, 1.54) is 16.4 Å². The maximum Gasteiger partial charge on any atom is 0.246 e. The summed E-state index contributed by atoms with van der Waals surface area (Å²) in [5.41, 5.74) is 4.81. The van der Waals surface area contributed by atoms with Crippen LogP contribution >= 0.6 is 11.8 Å². The van der Waals surface area contributed by atoms with E-state index in [1.54, 1.807) is 18.3 Å². The molecular formula is C28H25N7O2S. The highest BCUT2D eigenvalue weighted by Gasteiger charge is 2.14. The summed E-state index contributed by atoms with van der Waals surface area (Å²) in [5.74, 6) is 1.05. The van der Waals surface area contributed by atoms with E-state index in [0.29, 0.717) is 28.9 Å². The maximum atomic E-state index is 12.4. The van der Waals surface area contributed by atoms with Gasteiger partial charge < -0.3 is 10.1 Å². The molecule has 0 unspecified atom stereocenters. The number of rotatable bonds is 10. The fourth-order valence-electron chi connectivity index (χ4n) is 3.73. The molecule has 0 saturated carbocycles. The lowest BCUT2D eigenvalue weighted by Crippen LogP contribution is -2.19. The SMILES string of the molecule is CCOc1ccc(NC(=O)Cn2cc(CSc3nnc(-c4ccccc4)c(-c4ccccc4)n3)nn2)cc1. The lowest BCUT2D eigenvalue weighted by molar-refractivity contribution is -0.116. The molecule has 0 spiro atoms. The average molecular weight is 524 g/mol. The fraction of sp³-hybridized carbons (Fsp3) is 0.143. The lowest BCUT2D eigenvalue weighted by atomic mass is 10.0. The van der Waals surface area contributed by atoms with Crippen molar-refractivity contribution in [3.05, 3.63) is 96.8 Å². The van der Waals surface area contributed by atoms with Gasteiger partial charge in [-0.05, 0) is 31.2 Å². The number of amides is 1. The fourth-order valence-corrected chi connectivity index (χ4v) is 4.39. The first-order valence-corrected chi connectivity index (χ1v) is 13.1. The van der Waals surface area contributed by atoms with Crippen molar-refractivity contribution >= 4 is 23.4 Å². The van der Waals surface area contributed by atoms with Gasteiger partial charge in [-0.3, -0.25) is 4.79 Å². The Bertz CT molecular complexity index is 1490. The van der Waals surface area contributed by atoms with E-state index in [1.807, 2.05) is 79.7 Å². The zero-order chi connectivity index (χ0) is 26.2. The zero-order valence-corrected chi connectivity index (χ0v) is 21.5. The Kier molecular flexibility index (Phi) is 8.00. The van der Waals surface area contributed by atoms with Crippen LogP contribution in [-0.2, 0) is 17.1 Å². The molecule has 10 heteroatoms. The van der Waals surface area contributed by atoms with Crippen molar-refractivity contribution in [2.24, 2.45) is 0 Å². The highest BCUT2D eigenvalue weighted by atomic mass is 32.2. The van der Waals surface area contributed by atoms with Gasteiger partial charge in [0.1, 0.15) is 23.7 Å². The number of nitrogens with one attached hydrogen (secondary N) is 1. The topological polar surface area (TPSA) is 108 Å². The first-order valence-electron chi connectivity index (χ1n) is 12.1. The minimum Gasteiger partial charge on any atom is -0.494 e. The number of ether oxygens (including phenoxy) is 1. The molecule has 0 aliphatic rings. The standard InChI is InChI=1S/C28H25N7O2S/c1-2-37-24-15-13-22(14-16-24)29-25(36)18-35-17-23(31-34-35)19-38-28-30-26(20-9-5-3-6-10-20)27(32-33-28)21-11-7-4-8-12-21/h3-17H,2,18-19H2,1H3,(H,29,36). The Labute approximate surface area is 224 Å². The van der Waals surface area contributed by atoms with E-state index in [0.717, 1.165) is 28.3 Å². The molecule has 3 aromatic carbocycles. The molecule has 0 radical (unpaired) electrons. The normalized spacial score (nSPS) is 10.8. The van der Waals surface area contributed by atoms with Crippen molar-refractivity contribution in [3.8, 4) is 28.3 Å². The Morgan fingerprint density at radius 1 is 0.868 bits per heavy atom. The minimum atomic E-state index is -0.199. The van der Waals surface area contributed by atoms with Crippen LogP contribution in [0.3, 0.4) is 0 Å². The van der Waals surface area contributed by atoms with E-state index in [9.17, 15) is 4.79 Å². The first-order chi connectivity index (χ1) is 18.7. The van der Waals surface area contributed by atoms with Crippen LogP contribution in [0.25, 0.3) is 22.5 Å². The largest absolute Gasteiger partial charge is 0.494 e. The van der Waals surface area contributed by atoms with Crippen LogP contribution in [0.5, 0.6) is 5.75 Å². The predicted molar refractivity (Wildman–Crippen MR) is 147 cm³/mol. The van der Waals surface area contributed by atoms with Gasteiger partial charge in [-0.1, -0.05) is 77.6 Å². The van der Waals surface area contributed by atoms with Crippen molar-refractivity contribution in [3.63, 3.8) is 0 Å². The molecular weight excluding hydrogens is 498 g/mol. The number of carbonyl (C=O) groups is 1. The van der Waals surface area contributed by atoms with Crippen molar-refractivity contribution in [1.82, 2.24) is 30.2 Å². The molecule has 0 bridgehead atoms. The number of carbonyl (C=O) groups excluding carboxylic acids is 1. The molecule has 0 fully saturated rings. The number of hydrogen-bond acceptors (Lipinski definition) is 8. The van der Waals surface area contributed by atoms with Crippen LogP contribution in [-0.4, -0.2) is 42.7 Å². The summed E-state index contributed by atoms with van der Waals surface area (Å²) in [4.78, 5) is 17.3. The van der Waals surface area contributed by atoms with Gasteiger partial charge in [0, 0.05) is 28.8 Å². The summed E-state index contributed by atoms with van der Waals surface area (Å²) < 4.78 is 6.93. The van der Waals surface area contributed by atoms with Crippen LogP contribution in [0.15, 0.2) is 96.3 Å². The van der Waals surface area contributed by atoms with E-state index in [-0.39, 0.29) is 12.5 Å². The van der Waals surface area contributed by atoms with Crippen LogP contribution in [0.4, 0.5) is 5.69 Å². The molecule has 0 atom stereocenters. The monoisotopic (exact) mass is 523 g/mol. The number of aromatic nitrogens is 6. The Balaban J connectivity index is 1.23. The maximum absolute atomic E-state index is 12.4. The van der Waals surface area contributed by atoms with Crippen LogP contribution in [0.1, 0.15) is 12.6 Å². The zero-order valence-electron chi connectivity index (χ0n) is 20.7. The molecule has 0 aliphatic carbocycles. The van der Waals surface area contributed by atoms with Gasteiger partial charge in [0.15, 0.2) is 0 Å². The lowest BCUT2D eigenvalue weighted by Gasteiger charge is -2.09. The van der Waals surface area contributed by atoms with Crippen LogP contribution < -0.4 is 10.1 Å². The molecule has 1 amide bonds. The van der Waals surface area contributed by atoms with Gasteiger partial charge in [-0.15, -0.1) is 15.3 Å². The summed E-state index contributed by atoms with van der Waals surface area (Å²) in [6.07, 6.45) is 1.74. The molecule has 5 rings (SSSR count). The van der Waals surface area contributed by atoms with Gasteiger partial charge in [0.25, 0.3) is 0 Å². The second kappa shape index (κ2) is 12.1. The molecule has 5 aromatic rings. The highest BCUT2D eigenvalue weighted by molar-refractivity contribution is 7.98.